The third-order valence-electron chi connectivity index (χ3n) is 7.66. The van der Waals surface area contributed by atoms with Crippen molar-refractivity contribution in [1.29, 1.82) is 0 Å². The minimum Gasteiger partial charge on any atom is -0.497 e. The van der Waals surface area contributed by atoms with Crippen molar-refractivity contribution in [3.8, 4) is 17.2 Å². The van der Waals surface area contributed by atoms with Gasteiger partial charge >= 0.3 is 0 Å². The van der Waals surface area contributed by atoms with E-state index < -0.39 is 0 Å². The van der Waals surface area contributed by atoms with Crippen LogP contribution in [0.2, 0.25) is 0 Å². The van der Waals surface area contributed by atoms with Crippen molar-refractivity contribution >= 4 is 0 Å². The molecular formula is C27H40N4O3. The third kappa shape index (κ3) is 6.06. The number of ether oxygens (including phenoxy) is 1. The van der Waals surface area contributed by atoms with Crippen molar-refractivity contribution in [1.82, 2.24) is 20.0 Å². The van der Waals surface area contributed by atoms with Crippen molar-refractivity contribution in [2.45, 2.75) is 33.6 Å². The molecule has 1 N–H and O–H groups in total. The molecule has 0 amide bonds. The molecule has 0 bridgehead atoms. The van der Waals surface area contributed by atoms with E-state index >= 15 is 0 Å². The Kier molecular flexibility index (Phi) is 8.40. The van der Waals surface area contributed by atoms with E-state index in [2.05, 4.69) is 46.8 Å². The molecule has 3 atom stereocenters. The lowest BCUT2D eigenvalue weighted by atomic mass is 9.69. The number of hydrogen-bond acceptors (Lipinski definition) is 7. The third-order valence-corrected chi connectivity index (χ3v) is 7.66. The van der Waals surface area contributed by atoms with Gasteiger partial charge in [-0.1, -0.05) is 25.5 Å². The Morgan fingerprint density at radius 3 is 2.44 bits per heavy atom. The molecule has 1 aromatic carbocycles. The van der Waals surface area contributed by atoms with Gasteiger partial charge < -0.3 is 19.2 Å². The number of allylic oxidation sites excluding steroid dienone is 1. The van der Waals surface area contributed by atoms with Crippen LogP contribution in [0.15, 0.2) is 40.3 Å². The number of β-amino-alcohol motifs (C(OH)–C–C–N with tert-alkyl or cyclic N) is 1. The van der Waals surface area contributed by atoms with Crippen LogP contribution < -0.4 is 4.74 Å². The fourth-order valence-electron chi connectivity index (χ4n) is 5.52. The zero-order valence-corrected chi connectivity index (χ0v) is 21.1. The normalized spacial score (nSPS) is 24.4. The highest BCUT2D eigenvalue weighted by Gasteiger charge is 2.34. The second kappa shape index (κ2) is 11.5. The predicted molar refractivity (Wildman–Crippen MR) is 134 cm³/mol. The number of aromatic nitrogens is 2. The van der Waals surface area contributed by atoms with E-state index in [1.165, 1.54) is 5.57 Å². The number of methoxy groups -OCH3 is 1. The minimum absolute atomic E-state index is 0.253. The first kappa shape index (κ1) is 24.9. The average molecular weight is 469 g/mol. The lowest BCUT2D eigenvalue weighted by molar-refractivity contribution is 0.0887. The number of rotatable bonds is 9. The summed E-state index contributed by atoms with van der Waals surface area (Å²) in [5.74, 6) is 4.39. The first-order valence-electron chi connectivity index (χ1n) is 12.7. The van der Waals surface area contributed by atoms with Crippen molar-refractivity contribution in [2.24, 2.45) is 23.7 Å². The molecule has 1 fully saturated rings. The van der Waals surface area contributed by atoms with Crippen molar-refractivity contribution in [3.05, 3.63) is 41.8 Å². The quantitative estimate of drug-likeness (QED) is 0.562. The second-order valence-corrected chi connectivity index (χ2v) is 10.2. The van der Waals surface area contributed by atoms with Gasteiger partial charge in [-0.25, -0.2) is 0 Å². The van der Waals surface area contributed by atoms with Gasteiger partial charge in [-0.3, -0.25) is 4.90 Å². The average Bonchev–Trinajstić information content (AvgIpc) is 3.30. The molecule has 1 aliphatic heterocycles. The highest BCUT2D eigenvalue weighted by Crippen LogP contribution is 2.39. The number of benzene rings is 1. The summed E-state index contributed by atoms with van der Waals surface area (Å²) in [7, 11) is 1.66. The molecule has 7 heteroatoms. The SMILES string of the molecule is COc1ccc(-c2nnc(CC3CC(C(C)C)C(CN4CCN(CCO)CC4)C=C3C)o2)cc1. The van der Waals surface area contributed by atoms with Gasteiger partial charge in [0.1, 0.15) is 5.75 Å². The molecule has 3 unspecified atom stereocenters. The maximum Gasteiger partial charge on any atom is 0.247 e. The molecule has 1 aliphatic carbocycles. The van der Waals surface area contributed by atoms with E-state index in [9.17, 15) is 5.11 Å². The molecule has 2 aromatic rings. The summed E-state index contributed by atoms with van der Waals surface area (Å²) in [6.07, 6.45) is 4.48. The molecule has 0 saturated carbocycles. The molecule has 7 nitrogen and oxygen atoms in total. The number of nitrogens with zero attached hydrogens (tertiary/aromatic N) is 4. The molecule has 4 rings (SSSR count). The first-order valence-corrected chi connectivity index (χ1v) is 12.7. The molecular weight excluding hydrogens is 428 g/mol. The number of hydrogen-bond donors (Lipinski definition) is 1. The van der Waals surface area contributed by atoms with E-state index in [1.54, 1.807) is 7.11 Å². The number of piperazine rings is 1. The standard InChI is InChI=1S/C27H40N4O3/c1-19(2)25-16-22(17-26-28-29-27(34-26)21-5-7-24(33-4)8-6-21)20(3)15-23(25)18-31-11-9-30(10-12-31)13-14-32/h5-8,15,19,22-23,25,32H,9-14,16-18H2,1-4H3. The zero-order chi connectivity index (χ0) is 24.1. The van der Waals surface area contributed by atoms with E-state index in [0.29, 0.717) is 35.5 Å². The molecule has 0 spiro atoms. The van der Waals surface area contributed by atoms with Crippen LogP contribution in [0.25, 0.3) is 11.5 Å². The molecule has 0 radical (unpaired) electrons. The summed E-state index contributed by atoms with van der Waals surface area (Å²) in [5, 5.41) is 17.9. The molecule has 34 heavy (non-hydrogen) atoms. The summed E-state index contributed by atoms with van der Waals surface area (Å²) in [6, 6.07) is 7.72. The van der Waals surface area contributed by atoms with Crippen LogP contribution in [0, 0.1) is 23.7 Å². The van der Waals surface area contributed by atoms with Gasteiger partial charge in [0.05, 0.1) is 13.7 Å². The topological polar surface area (TPSA) is 74.9 Å². The molecule has 186 valence electrons. The van der Waals surface area contributed by atoms with Crippen LogP contribution in [-0.4, -0.2) is 78.1 Å². The van der Waals surface area contributed by atoms with Gasteiger partial charge in [0.25, 0.3) is 0 Å². The Labute approximate surface area is 203 Å². The smallest absolute Gasteiger partial charge is 0.247 e. The first-order chi connectivity index (χ1) is 16.5. The van der Waals surface area contributed by atoms with E-state index in [0.717, 1.165) is 63.4 Å². The van der Waals surface area contributed by atoms with Gasteiger partial charge in [0.15, 0.2) is 0 Å². The minimum atomic E-state index is 0.253. The monoisotopic (exact) mass is 468 g/mol. The molecule has 1 aromatic heterocycles. The van der Waals surface area contributed by atoms with Crippen LogP contribution in [0.4, 0.5) is 0 Å². The van der Waals surface area contributed by atoms with Crippen LogP contribution in [-0.2, 0) is 6.42 Å². The Bertz CT molecular complexity index is 932. The molecule has 2 aliphatic rings. The van der Waals surface area contributed by atoms with Crippen LogP contribution >= 0.6 is 0 Å². The fraction of sp³-hybridized carbons (Fsp3) is 0.630. The summed E-state index contributed by atoms with van der Waals surface area (Å²) in [4.78, 5) is 4.97. The van der Waals surface area contributed by atoms with E-state index in [1.807, 2.05) is 24.3 Å². The summed E-state index contributed by atoms with van der Waals surface area (Å²) in [5.41, 5.74) is 2.36. The predicted octanol–water partition coefficient (Wildman–Crippen LogP) is 3.75. The maximum atomic E-state index is 9.20. The van der Waals surface area contributed by atoms with Crippen LogP contribution in [0.1, 0.15) is 33.1 Å². The molecule has 2 heterocycles. The van der Waals surface area contributed by atoms with Gasteiger partial charge in [-0.15, -0.1) is 10.2 Å². The summed E-state index contributed by atoms with van der Waals surface area (Å²) < 4.78 is 11.3. The lowest BCUT2D eigenvalue weighted by Crippen LogP contribution is -2.49. The largest absolute Gasteiger partial charge is 0.497 e. The Hall–Kier alpha value is -2.22. The van der Waals surface area contributed by atoms with Gasteiger partial charge in [0, 0.05) is 51.3 Å². The fourth-order valence-corrected chi connectivity index (χ4v) is 5.52. The van der Waals surface area contributed by atoms with Crippen molar-refractivity contribution in [2.75, 3.05) is 53.0 Å². The lowest BCUT2D eigenvalue weighted by Gasteiger charge is -2.41. The van der Waals surface area contributed by atoms with Crippen LogP contribution in [0.5, 0.6) is 5.75 Å². The zero-order valence-electron chi connectivity index (χ0n) is 21.1. The van der Waals surface area contributed by atoms with Crippen LogP contribution in [0.3, 0.4) is 0 Å². The van der Waals surface area contributed by atoms with E-state index in [4.69, 9.17) is 9.15 Å². The van der Waals surface area contributed by atoms with Crippen molar-refractivity contribution < 1.29 is 14.3 Å². The van der Waals surface area contributed by atoms with Crippen molar-refractivity contribution in [3.63, 3.8) is 0 Å². The Morgan fingerprint density at radius 1 is 1.09 bits per heavy atom. The van der Waals surface area contributed by atoms with Gasteiger partial charge in [-0.2, -0.15) is 0 Å². The number of aliphatic hydroxyl groups is 1. The summed E-state index contributed by atoms with van der Waals surface area (Å²) in [6.45, 7) is 13.5. The van der Waals surface area contributed by atoms with Gasteiger partial charge in [-0.05, 0) is 61.3 Å². The second-order valence-electron chi connectivity index (χ2n) is 10.2. The highest BCUT2D eigenvalue weighted by molar-refractivity contribution is 5.53. The summed E-state index contributed by atoms with van der Waals surface area (Å²) >= 11 is 0. The van der Waals surface area contributed by atoms with E-state index in [-0.39, 0.29) is 6.61 Å². The number of aliphatic hydroxyl groups excluding tert-OH is 1. The molecule has 1 saturated heterocycles. The Morgan fingerprint density at radius 2 is 1.79 bits per heavy atom. The van der Waals surface area contributed by atoms with Gasteiger partial charge in [0.2, 0.25) is 11.8 Å². The Balaban J connectivity index is 1.39. The maximum absolute atomic E-state index is 9.20. The highest BCUT2D eigenvalue weighted by atomic mass is 16.5.